The largest absolute Gasteiger partial charge is 0.477 e. The molecule has 0 bridgehead atoms. The Kier molecular flexibility index (Phi) is 6.57. The Morgan fingerprint density at radius 3 is 2.59 bits per heavy atom. The van der Waals surface area contributed by atoms with Gasteiger partial charge in [0.1, 0.15) is 10.7 Å². The highest BCUT2D eigenvalue weighted by Gasteiger charge is 2.18. The van der Waals surface area contributed by atoms with Crippen molar-refractivity contribution in [3.63, 3.8) is 0 Å². The zero-order valence-electron chi connectivity index (χ0n) is 14.8. The van der Waals surface area contributed by atoms with Crippen molar-refractivity contribution in [1.29, 1.82) is 0 Å². The average Bonchev–Trinajstić information content (AvgIpc) is 3.08. The van der Waals surface area contributed by atoms with Crippen LogP contribution in [0.3, 0.4) is 0 Å². The highest BCUT2D eigenvalue weighted by molar-refractivity contribution is 8.04. The molecule has 0 radical (unpaired) electrons. The normalized spacial score (nSPS) is 11.4. The lowest BCUT2D eigenvalue weighted by atomic mass is 10.2. The first-order valence-corrected chi connectivity index (χ1v) is 10.1. The summed E-state index contributed by atoms with van der Waals surface area (Å²) >= 11 is 7.94. The van der Waals surface area contributed by atoms with Gasteiger partial charge < -0.3 is 5.11 Å². The van der Waals surface area contributed by atoms with Crippen molar-refractivity contribution in [2.45, 2.75) is 21.9 Å². The van der Waals surface area contributed by atoms with Gasteiger partial charge in [0.25, 0.3) is 5.69 Å². The molecular weight excluding hydrogens is 436 g/mol. The summed E-state index contributed by atoms with van der Waals surface area (Å²) in [5.41, 5.74) is 0.261. The van der Waals surface area contributed by atoms with Crippen LogP contribution in [-0.2, 0) is 4.79 Å². The molecule has 0 saturated carbocycles. The number of carboxylic acid groups (broad SMARTS) is 1. The van der Waals surface area contributed by atoms with Crippen molar-refractivity contribution >= 4 is 52.9 Å². The second-order valence-corrected chi connectivity index (χ2v) is 8.22. The molecule has 0 atom stereocenters. The van der Waals surface area contributed by atoms with Crippen molar-refractivity contribution in [2.75, 3.05) is 0 Å². The van der Waals surface area contributed by atoms with Gasteiger partial charge in [-0.15, -0.1) is 5.10 Å². The maximum absolute atomic E-state index is 11.6. The fraction of sp³-hybridized carbons (Fsp3) is 0.0556. The molecule has 11 heteroatoms. The van der Waals surface area contributed by atoms with Gasteiger partial charge >= 0.3 is 5.97 Å². The van der Waals surface area contributed by atoms with Crippen LogP contribution in [0.25, 0.3) is 6.08 Å². The average molecular weight is 449 g/mol. The number of aryl methyl sites for hydroxylation is 1. The lowest BCUT2D eigenvalue weighted by molar-refractivity contribution is -0.387. The van der Waals surface area contributed by atoms with E-state index in [0.29, 0.717) is 21.3 Å². The fourth-order valence-electron chi connectivity index (χ4n) is 2.24. The molecule has 8 nitrogen and oxygen atoms in total. The highest BCUT2D eigenvalue weighted by atomic mass is 35.5. The molecule has 29 heavy (non-hydrogen) atoms. The van der Waals surface area contributed by atoms with Crippen molar-refractivity contribution in [1.82, 2.24) is 15.2 Å². The number of benzene rings is 2. The number of thioether (sulfide) groups is 1. The second-order valence-electron chi connectivity index (χ2n) is 5.66. The van der Waals surface area contributed by atoms with E-state index in [0.717, 1.165) is 16.7 Å². The zero-order chi connectivity index (χ0) is 21.0. The molecule has 0 aliphatic heterocycles. The lowest BCUT2D eigenvalue weighted by Gasteiger charge is -2.05. The number of rotatable bonds is 7. The second kappa shape index (κ2) is 9.12. The molecule has 1 heterocycles. The predicted octanol–water partition coefficient (Wildman–Crippen LogP) is 5.04. The van der Waals surface area contributed by atoms with Crippen LogP contribution in [0.2, 0.25) is 5.02 Å². The molecule has 1 aromatic heterocycles. The van der Waals surface area contributed by atoms with Gasteiger partial charge in [-0.3, -0.25) is 15.2 Å². The Morgan fingerprint density at radius 2 is 2.00 bits per heavy atom. The summed E-state index contributed by atoms with van der Waals surface area (Å²) in [4.78, 5) is 27.8. The summed E-state index contributed by atoms with van der Waals surface area (Å²) in [6, 6.07) is 11.5. The van der Waals surface area contributed by atoms with Gasteiger partial charge in [0.15, 0.2) is 0 Å². The van der Waals surface area contributed by atoms with E-state index < -0.39 is 10.9 Å². The van der Waals surface area contributed by atoms with Gasteiger partial charge in [0.2, 0.25) is 5.16 Å². The monoisotopic (exact) mass is 448 g/mol. The smallest absolute Gasteiger partial charge is 0.342 e. The summed E-state index contributed by atoms with van der Waals surface area (Å²) in [6.07, 6.45) is 1.35. The molecule has 0 amide bonds. The minimum Gasteiger partial charge on any atom is -0.477 e. The van der Waals surface area contributed by atoms with Gasteiger partial charge in [-0.05, 0) is 60.7 Å². The number of nitro groups is 1. The van der Waals surface area contributed by atoms with Crippen molar-refractivity contribution in [3.05, 3.63) is 73.9 Å². The molecule has 0 aliphatic carbocycles. The number of aliphatic carboxylic acids is 1. The zero-order valence-corrected chi connectivity index (χ0v) is 17.2. The van der Waals surface area contributed by atoms with Gasteiger partial charge in [-0.1, -0.05) is 29.4 Å². The maximum Gasteiger partial charge on any atom is 0.342 e. The van der Waals surface area contributed by atoms with Gasteiger partial charge in [0, 0.05) is 16.0 Å². The number of carboxylic acids is 1. The van der Waals surface area contributed by atoms with Gasteiger partial charge in [-0.2, -0.15) is 0 Å². The number of aromatic nitrogens is 3. The van der Waals surface area contributed by atoms with E-state index >= 15 is 0 Å². The molecule has 2 N–H and O–H groups in total. The highest BCUT2D eigenvalue weighted by Crippen LogP contribution is 2.36. The summed E-state index contributed by atoms with van der Waals surface area (Å²) in [5.74, 6) is -0.629. The minimum atomic E-state index is -1.18. The van der Waals surface area contributed by atoms with Crippen LogP contribution < -0.4 is 0 Å². The molecular formula is C18H13ClN4O4S2. The molecule has 3 rings (SSSR count). The number of H-pyrrole nitrogens is 1. The third-order valence-electron chi connectivity index (χ3n) is 3.51. The molecule has 0 spiro atoms. The molecule has 3 aromatic rings. The third-order valence-corrected chi connectivity index (χ3v) is 5.71. The summed E-state index contributed by atoms with van der Waals surface area (Å²) < 4.78 is 0. The first kappa shape index (κ1) is 20.9. The van der Waals surface area contributed by atoms with Gasteiger partial charge in [0.05, 0.1) is 9.82 Å². The third kappa shape index (κ3) is 5.59. The standard InChI is InChI=1S/C18H13ClN4O4S2/c1-10-20-18(22-21-10)29-16(17(24)25)9-11-2-7-15(14(8-11)23(26)27)28-13-5-3-12(19)4-6-13/h2-9H,1H3,(H,24,25)(H,20,21,22)/b16-9+. The van der Waals surface area contributed by atoms with E-state index in [4.69, 9.17) is 11.6 Å². The summed E-state index contributed by atoms with van der Waals surface area (Å²) in [7, 11) is 0. The first-order valence-electron chi connectivity index (χ1n) is 8.05. The molecule has 0 aliphatic rings. The molecule has 148 valence electrons. The lowest BCUT2D eigenvalue weighted by Crippen LogP contribution is -1.98. The Balaban J connectivity index is 1.91. The SMILES string of the molecule is Cc1nc(S/C(=C/c2ccc(Sc3ccc(Cl)cc3)c([N+](=O)[O-])c2)C(=O)O)n[nH]1. The van der Waals surface area contributed by atoms with Crippen LogP contribution in [-0.4, -0.2) is 31.2 Å². The molecule has 2 aromatic carbocycles. The summed E-state index contributed by atoms with van der Waals surface area (Å²) in [6.45, 7) is 1.70. The molecule has 0 saturated heterocycles. The van der Waals surface area contributed by atoms with Crippen molar-refractivity contribution in [2.24, 2.45) is 0 Å². The number of halogens is 1. The molecule has 0 unspecified atom stereocenters. The number of hydrogen-bond acceptors (Lipinski definition) is 7. The van der Waals surface area contributed by atoms with Crippen LogP contribution in [0.4, 0.5) is 5.69 Å². The van der Waals surface area contributed by atoms with E-state index in [1.54, 1.807) is 43.3 Å². The Hall–Kier alpha value is -2.82. The first-order chi connectivity index (χ1) is 13.8. The number of hydrogen-bond donors (Lipinski definition) is 2. The number of nitrogens with zero attached hydrogens (tertiary/aromatic N) is 3. The van der Waals surface area contributed by atoms with Crippen LogP contribution in [0.5, 0.6) is 0 Å². The Morgan fingerprint density at radius 1 is 1.28 bits per heavy atom. The number of nitrogens with one attached hydrogen (secondary N) is 1. The van der Waals surface area contributed by atoms with Crippen LogP contribution in [0.15, 0.2) is 62.3 Å². The van der Waals surface area contributed by atoms with E-state index in [-0.39, 0.29) is 15.7 Å². The Bertz CT molecular complexity index is 1100. The Labute approximate surface area is 178 Å². The number of carbonyl (C=O) groups is 1. The topological polar surface area (TPSA) is 122 Å². The minimum absolute atomic E-state index is 0.0589. The van der Waals surface area contributed by atoms with Crippen LogP contribution >= 0.6 is 35.1 Å². The van der Waals surface area contributed by atoms with Crippen LogP contribution in [0.1, 0.15) is 11.4 Å². The van der Waals surface area contributed by atoms with E-state index in [2.05, 4.69) is 15.2 Å². The van der Waals surface area contributed by atoms with E-state index in [1.807, 2.05) is 0 Å². The quantitative estimate of drug-likeness (QED) is 0.223. The molecule has 0 fully saturated rings. The van der Waals surface area contributed by atoms with Crippen molar-refractivity contribution < 1.29 is 14.8 Å². The fourth-order valence-corrected chi connectivity index (χ4v) is 4.01. The van der Waals surface area contributed by atoms with E-state index in [9.17, 15) is 20.0 Å². The van der Waals surface area contributed by atoms with Gasteiger partial charge in [-0.25, -0.2) is 9.78 Å². The predicted molar refractivity (Wildman–Crippen MR) is 111 cm³/mol. The van der Waals surface area contributed by atoms with Crippen LogP contribution in [0, 0.1) is 17.0 Å². The van der Waals surface area contributed by atoms with E-state index in [1.165, 1.54) is 23.9 Å². The number of aromatic amines is 1. The number of nitro benzene ring substituents is 1. The maximum atomic E-state index is 11.6. The van der Waals surface area contributed by atoms with Crippen molar-refractivity contribution in [3.8, 4) is 0 Å². The summed E-state index contributed by atoms with van der Waals surface area (Å²) in [5, 5.41) is 28.3.